The normalized spacial score (nSPS) is 22.6. The summed E-state index contributed by atoms with van der Waals surface area (Å²) in [4.78, 5) is 13.3. The highest BCUT2D eigenvalue weighted by molar-refractivity contribution is 6.31. The maximum absolute atomic E-state index is 13.3. The molecule has 10 heteroatoms. The zero-order valence-corrected chi connectivity index (χ0v) is 33.9. The molecule has 0 radical (unpaired) electrons. The number of fused-ring (bicyclic) bond motifs is 13. The number of nitrogens with two attached hydrogens (primary N) is 1. The fourth-order valence-electron chi connectivity index (χ4n) is 9.75. The number of benzene rings is 3. The van der Waals surface area contributed by atoms with Crippen LogP contribution in [0.4, 0.5) is 0 Å². The summed E-state index contributed by atoms with van der Waals surface area (Å²) in [7, 11) is 3.77. The molecule has 2 bridgehead atoms. The van der Waals surface area contributed by atoms with Gasteiger partial charge < -0.3 is 45.2 Å². The van der Waals surface area contributed by atoms with Gasteiger partial charge in [0.25, 0.3) is 5.91 Å². The number of nitrogens with zero attached hydrogens (tertiary/aromatic N) is 2. The maximum Gasteiger partial charge on any atom is 0.252 e. The number of carbonyl (C=O) groups is 1. The molecule has 5 aromatic rings. The Kier molecular flexibility index (Phi) is 12.8. The van der Waals surface area contributed by atoms with Gasteiger partial charge >= 0.3 is 0 Å². The maximum atomic E-state index is 13.3. The molecule has 3 aromatic carbocycles. The minimum Gasteiger partial charge on any atom is -0.395 e. The molecule has 6 N–H and O–H groups in total. The molecule has 3 aliphatic rings. The summed E-state index contributed by atoms with van der Waals surface area (Å²) in [6.45, 7) is 4.77. The number of ether oxygens (including phenoxy) is 2. The number of hydrogen-bond donors (Lipinski definition) is 5. The molecule has 1 fully saturated rings. The molecule has 56 heavy (non-hydrogen) atoms. The van der Waals surface area contributed by atoms with Gasteiger partial charge in [-0.3, -0.25) is 4.79 Å². The smallest absolute Gasteiger partial charge is 0.252 e. The predicted octanol–water partition coefficient (Wildman–Crippen LogP) is 8.28. The Balaban J connectivity index is 0.000000199. The van der Waals surface area contributed by atoms with Gasteiger partial charge in [0.15, 0.2) is 5.72 Å². The van der Waals surface area contributed by atoms with Crippen molar-refractivity contribution in [2.75, 3.05) is 20.8 Å². The van der Waals surface area contributed by atoms with Crippen molar-refractivity contribution >= 4 is 49.5 Å². The highest BCUT2D eigenvalue weighted by Gasteiger charge is 2.53. The van der Waals surface area contributed by atoms with Gasteiger partial charge in [-0.15, -0.1) is 0 Å². The van der Waals surface area contributed by atoms with E-state index in [0.29, 0.717) is 6.54 Å². The van der Waals surface area contributed by atoms with Gasteiger partial charge in [0.1, 0.15) is 12.3 Å². The fraction of sp³-hybridized carbons (Fsp3) is 0.543. The average Bonchev–Trinajstić information content (AvgIpc) is 3.87. The molecule has 0 saturated carbocycles. The Morgan fingerprint density at radius 2 is 1.59 bits per heavy atom. The number of nitrogens with one attached hydrogen (secondary N) is 2. The summed E-state index contributed by atoms with van der Waals surface area (Å²) in [5.41, 5.74) is 11.0. The molecule has 10 nitrogen and oxygen atoms in total. The van der Waals surface area contributed by atoms with Crippen molar-refractivity contribution < 1.29 is 24.5 Å². The number of unbranched alkanes of at least 4 members (excludes halogenated alkanes) is 11. The van der Waals surface area contributed by atoms with Crippen LogP contribution >= 0.6 is 0 Å². The number of aliphatic hydroxyl groups is 2. The van der Waals surface area contributed by atoms with Gasteiger partial charge in [-0.1, -0.05) is 120 Å². The second kappa shape index (κ2) is 17.8. The van der Waals surface area contributed by atoms with Crippen LogP contribution in [-0.4, -0.2) is 70.3 Å². The zero-order valence-electron chi connectivity index (χ0n) is 33.9. The molecular formula is C46H63N5O5. The number of methoxy groups -OCH3 is 1. The highest BCUT2D eigenvalue weighted by atomic mass is 16.6. The van der Waals surface area contributed by atoms with Crippen LogP contribution < -0.4 is 16.4 Å². The van der Waals surface area contributed by atoms with Gasteiger partial charge in [-0.05, 0) is 44.5 Å². The summed E-state index contributed by atoms with van der Waals surface area (Å²) in [5.74, 6) is 0.00357. The molecule has 1 saturated heterocycles. The van der Waals surface area contributed by atoms with Crippen LogP contribution in [0.25, 0.3) is 43.6 Å². The Hall–Kier alpha value is -3.77. The lowest BCUT2D eigenvalue weighted by Gasteiger charge is -2.48. The van der Waals surface area contributed by atoms with E-state index in [2.05, 4.69) is 82.1 Å². The third kappa shape index (κ3) is 7.29. The third-order valence-corrected chi connectivity index (χ3v) is 12.6. The molecular weight excluding hydrogens is 703 g/mol. The van der Waals surface area contributed by atoms with Gasteiger partial charge in [0, 0.05) is 47.7 Å². The predicted molar refractivity (Wildman–Crippen MR) is 227 cm³/mol. The molecule has 3 aliphatic heterocycles. The van der Waals surface area contributed by atoms with Crippen molar-refractivity contribution in [2.45, 2.75) is 140 Å². The quantitative estimate of drug-likeness (QED) is 0.0475. The van der Waals surface area contributed by atoms with Gasteiger partial charge in [-0.25, -0.2) is 0 Å². The Labute approximate surface area is 331 Å². The SMILES string of the molecule is CCCCCCCCCCCCC/C=C/[C@@H](O)[C@@H](N)CO.CN[C@H]1C[C@@H]2O[C@](C)([C@H]1OC)n1c3ccccc3c3c4c(c5c6ccccc6n2c5c31)C(=O)NC4. The second-order valence-corrected chi connectivity index (χ2v) is 16.2. The molecule has 302 valence electrons. The van der Waals surface area contributed by atoms with E-state index in [-0.39, 0.29) is 30.9 Å². The van der Waals surface area contributed by atoms with E-state index < -0.39 is 17.9 Å². The van der Waals surface area contributed by atoms with Crippen LogP contribution in [0.15, 0.2) is 60.7 Å². The first-order chi connectivity index (χ1) is 27.3. The lowest BCUT2D eigenvalue weighted by molar-refractivity contribution is -0.256. The fourth-order valence-corrected chi connectivity index (χ4v) is 9.75. The number of rotatable bonds is 17. The van der Waals surface area contributed by atoms with Crippen LogP contribution in [0.3, 0.4) is 0 Å². The zero-order chi connectivity index (χ0) is 39.4. The minimum atomic E-state index is -0.760. The summed E-state index contributed by atoms with van der Waals surface area (Å²) in [5, 5.41) is 29.3. The number of aliphatic hydroxyl groups excluding tert-OH is 2. The third-order valence-electron chi connectivity index (χ3n) is 12.6. The van der Waals surface area contributed by atoms with Gasteiger partial charge in [0.05, 0.1) is 46.4 Å². The molecule has 8 rings (SSSR count). The summed E-state index contributed by atoms with van der Waals surface area (Å²) < 4.78 is 18.0. The highest BCUT2D eigenvalue weighted by Crippen LogP contribution is 2.53. The van der Waals surface area contributed by atoms with E-state index in [4.69, 9.17) is 20.3 Å². The lowest BCUT2D eigenvalue weighted by Crippen LogP contribution is -2.59. The van der Waals surface area contributed by atoms with Crippen LogP contribution in [0.2, 0.25) is 0 Å². The van der Waals surface area contributed by atoms with Crippen molar-refractivity contribution in [3.05, 3.63) is 71.8 Å². The van der Waals surface area contributed by atoms with E-state index in [1.54, 1.807) is 13.2 Å². The second-order valence-electron chi connectivity index (χ2n) is 16.2. The summed E-state index contributed by atoms with van der Waals surface area (Å²) in [6, 6.07) is 16.4. The average molecular weight is 766 g/mol. The number of amides is 1. The first-order valence-electron chi connectivity index (χ1n) is 21.2. The van der Waals surface area contributed by atoms with E-state index in [0.717, 1.165) is 67.6 Å². The van der Waals surface area contributed by atoms with Crippen molar-refractivity contribution in [3.63, 3.8) is 0 Å². The van der Waals surface area contributed by atoms with E-state index in [1.807, 2.05) is 13.1 Å². The molecule has 6 atom stereocenters. The van der Waals surface area contributed by atoms with E-state index >= 15 is 0 Å². The van der Waals surface area contributed by atoms with Gasteiger partial charge in [-0.2, -0.15) is 0 Å². The van der Waals surface area contributed by atoms with Crippen molar-refractivity contribution in [1.29, 1.82) is 0 Å². The lowest BCUT2D eigenvalue weighted by atomic mass is 9.93. The Morgan fingerprint density at radius 3 is 2.23 bits per heavy atom. The number of hydrogen-bond acceptors (Lipinski definition) is 7. The number of aromatic nitrogens is 2. The molecule has 0 unspecified atom stereocenters. The molecule has 0 aliphatic carbocycles. The minimum absolute atomic E-state index is 0.00357. The van der Waals surface area contributed by atoms with E-state index in [1.165, 1.54) is 70.6 Å². The molecule has 2 aromatic heterocycles. The van der Waals surface area contributed by atoms with E-state index in [9.17, 15) is 9.90 Å². The summed E-state index contributed by atoms with van der Waals surface area (Å²) in [6.07, 6.45) is 19.2. The largest absolute Gasteiger partial charge is 0.395 e. The number of carbonyl (C=O) groups excluding carboxylic acids is 1. The van der Waals surface area contributed by atoms with Crippen molar-refractivity contribution in [1.82, 2.24) is 19.8 Å². The Morgan fingerprint density at radius 1 is 0.964 bits per heavy atom. The van der Waals surface area contributed by atoms with Crippen LogP contribution in [-0.2, 0) is 21.7 Å². The molecule has 0 spiro atoms. The topological polar surface area (TPSA) is 136 Å². The monoisotopic (exact) mass is 765 g/mol. The molecule has 1 amide bonds. The van der Waals surface area contributed by atoms with Crippen LogP contribution in [0, 0.1) is 0 Å². The van der Waals surface area contributed by atoms with Crippen LogP contribution in [0.5, 0.6) is 0 Å². The number of allylic oxidation sites excluding steroid dienone is 1. The number of likely N-dealkylation sites (N-methyl/N-ethyl adjacent to an activating group) is 1. The summed E-state index contributed by atoms with van der Waals surface area (Å²) >= 11 is 0. The van der Waals surface area contributed by atoms with Crippen molar-refractivity contribution in [3.8, 4) is 0 Å². The first-order valence-corrected chi connectivity index (χ1v) is 21.2. The van der Waals surface area contributed by atoms with Crippen LogP contribution in [0.1, 0.15) is 119 Å². The van der Waals surface area contributed by atoms with Gasteiger partial charge in [0.2, 0.25) is 0 Å². The standard InChI is InChI=1S/C28H26N4O3.C18H37NO2/c1-28-26(34-3)17(29-2)12-20(35-28)31-18-10-6-4-8-14(18)22-23-16(13-30-27(23)33)21-15-9-5-7-11-19(15)32(28)25(21)24(22)31;1-2-3-4-5-6-7-8-9-10-11-12-13-14-15-18(21)17(19)16-20/h4-11,17,20,26,29H,12-13H2,1-3H3,(H,30,33);14-15,17-18,20-21H,2-13,16,19H2,1H3/b;15-14+/t17-,20-,26-,28+;17-,18+/m00/s1. The Bertz CT molecular complexity index is 2170. The number of para-hydroxylation sites is 2. The first kappa shape index (κ1) is 40.4. The molecule has 5 heterocycles. The van der Waals surface area contributed by atoms with Crippen molar-refractivity contribution in [2.24, 2.45) is 5.73 Å².